The highest BCUT2D eigenvalue weighted by molar-refractivity contribution is 9.10. The number of ketones is 1. The van der Waals surface area contributed by atoms with Crippen LogP contribution in [0.15, 0.2) is 22.9 Å². The quantitative estimate of drug-likeness (QED) is 0.472. The minimum absolute atomic E-state index is 0.0463. The molecule has 0 aliphatic heterocycles. The average Bonchev–Trinajstić information content (AvgIpc) is 2.05. The van der Waals surface area contributed by atoms with Crippen molar-refractivity contribution in [3.63, 3.8) is 0 Å². The second kappa shape index (κ2) is 3.97. The van der Waals surface area contributed by atoms with Crippen LogP contribution < -0.4 is 0 Å². The molecule has 0 atom stereocenters. The van der Waals surface area contributed by atoms with Gasteiger partial charge in [-0.3, -0.25) is 4.79 Å². The van der Waals surface area contributed by atoms with Crippen LogP contribution in [-0.4, -0.2) is 16.1 Å². The van der Waals surface area contributed by atoms with E-state index in [1.165, 1.54) is 0 Å². The summed E-state index contributed by atoms with van der Waals surface area (Å²) >= 11 is 6.26. The van der Waals surface area contributed by atoms with E-state index in [0.717, 1.165) is 4.60 Å². The number of rotatable bonds is 2. The second-order valence-electron chi connectivity index (χ2n) is 1.93. The van der Waals surface area contributed by atoms with Crippen LogP contribution in [0, 0.1) is 0 Å². The molecular weight excluding hydrogens is 274 g/mol. The number of alkyl halides is 1. The third-order valence-corrected chi connectivity index (χ3v) is 2.15. The number of hydrogen-bond donors (Lipinski definition) is 0. The Labute approximate surface area is 81.3 Å². The monoisotopic (exact) mass is 277 g/mol. The van der Waals surface area contributed by atoms with E-state index in [9.17, 15) is 4.79 Å². The van der Waals surface area contributed by atoms with E-state index in [-0.39, 0.29) is 5.78 Å². The molecule has 0 aliphatic carbocycles. The van der Waals surface area contributed by atoms with Crippen molar-refractivity contribution < 1.29 is 4.79 Å². The van der Waals surface area contributed by atoms with E-state index in [1.807, 2.05) is 0 Å². The average molecular weight is 279 g/mol. The van der Waals surface area contributed by atoms with Crippen LogP contribution in [0.25, 0.3) is 0 Å². The molecule has 58 valence electrons. The lowest BCUT2D eigenvalue weighted by Gasteiger charge is -1.94. The summed E-state index contributed by atoms with van der Waals surface area (Å²) in [6.45, 7) is 0. The van der Waals surface area contributed by atoms with Gasteiger partial charge in [0, 0.05) is 11.8 Å². The first kappa shape index (κ1) is 8.87. The Morgan fingerprint density at radius 2 is 2.27 bits per heavy atom. The van der Waals surface area contributed by atoms with Gasteiger partial charge in [-0.1, -0.05) is 15.9 Å². The normalized spacial score (nSPS) is 9.64. The molecule has 0 aromatic carbocycles. The molecule has 0 aliphatic rings. The molecule has 11 heavy (non-hydrogen) atoms. The highest BCUT2D eigenvalue weighted by Crippen LogP contribution is 2.07. The Balaban J connectivity index is 2.90. The molecule has 0 fully saturated rings. The van der Waals surface area contributed by atoms with E-state index in [2.05, 4.69) is 36.8 Å². The van der Waals surface area contributed by atoms with E-state index in [0.29, 0.717) is 10.9 Å². The van der Waals surface area contributed by atoms with E-state index in [4.69, 9.17) is 0 Å². The van der Waals surface area contributed by atoms with Crippen LogP contribution in [0.2, 0.25) is 0 Å². The van der Waals surface area contributed by atoms with Gasteiger partial charge in [0.15, 0.2) is 5.78 Å². The summed E-state index contributed by atoms with van der Waals surface area (Å²) in [6, 6.07) is 3.48. The van der Waals surface area contributed by atoms with Crippen molar-refractivity contribution in [2.45, 2.75) is 0 Å². The Morgan fingerprint density at radius 3 is 2.73 bits per heavy atom. The van der Waals surface area contributed by atoms with Crippen molar-refractivity contribution in [3.05, 3.63) is 28.5 Å². The summed E-state index contributed by atoms with van der Waals surface area (Å²) < 4.78 is 0.739. The molecule has 4 heteroatoms. The lowest BCUT2D eigenvalue weighted by Crippen LogP contribution is -1.99. The minimum Gasteiger partial charge on any atom is -0.293 e. The van der Waals surface area contributed by atoms with Gasteiger partial charge in [0.2, 0.25) is 0 Å². The van der Waals surface area contributed by atoms with Gasteiger partial charge in [0.25, 0.3) is 0 Å². The molecule has 1 aromatic rings. The SMILES string of the molecule is O=C(CBr)c1ccc(Br)nc1. The van der Waals surface area contributed by atoms with E-state index >= 15 is 0 Å². The molecule has 0 bridgehead atoms. The third-order valence-electron chi connectivity index (χ3n) is 1.17. The maximum Gasteiger partial charge on any atom is 0.174 e. The fourth-order valence-corrected chi connectivity index (χ4v) is 1.18. The van der Waals surface area contributed by atoms with E-state index < -0.39 is 0 Å². The van der Waals surface area contributed by atoms with Gasteiger partial charge in [-0.25, -0.2) is 4.98 Å². The summed E-state index contributed by atoms with van der Waals surface area (Å²) in [4.78, 5) is 14.9. The number of carbonyl (C=O) groups is 1. The topological polar surface area (TPSA) is 30.0 Å². The Hall–Kier alpha value is -0.220. The van der Waals surface area contributed by atoms with Crippen LogP contribution >= 0.6 is 31.9 Å². The van der Waals surface area contributed by atoms with Gasteiger partial charge < -0.3 is 0 Å². The Kier molecular flexibility index (Phi) is 3.20. The molecule has 0 amide bonds. The van der Waals surface area contributed by atoms with E-state index in [1.54, 1.807) is 18.3 Å². The van der Waals surface area contributed by atoms with Gasteiger partial charge in [-0.15, -0.1) is 0 Å². The molecule has 1 heterocycles. The lowest BCUT2D eigenvalue weighted by molar-refractivity contribution is 0.102. The third kappa shape index (κ3) is 2.38. The first-order valence-corrected chi connectivity index (χ1v) is 4.86. The predicted molar refractivity (Wildman–Crippen MR) is 50.1 cm³/mol. The molecular formula is C7H5Br2NO. The lowest BCUT2D eigenvalue weighted by atomic mass is 10.2. The van der Waals surface area contributed by atoms with Gasteiger partial charge in [0.05, 0.1) is 5.33 Å². The van der Waals surface area contributed by atoms with Crippen LogP contribution in [0.4, 0.5) is 0 Å². The van der Waals surface area contributed by atoms with Gasteiger partial charge >= 0.3 is 0 Å². The van der Waals surface area contributed by atoms with Crippen molar-refractivity contribution in [2.75, 3.05) is 5.33 Å². The number of aromatic nitrogens is 1. The van der Waals surface area contributed by atoms with Crippen molar-refractivity contribution in [1.82, 2.24) is 4.98 Å². The maximum absolute atomic E-state index is 11.0. The summed E-state index contributed by atoms with van der Waals surface area (Å²) in [7, 11) is 0. The number of halogens is 2. The van der Waals surface area contributed by atoms with Gasteiger partial charge in [-0.2, -0.15) is 0 Å². The fraction of sp³-hybridized carbons (Fsp3) is 0.143. The van der Waals surface area contributed by atoms with Crippen molar-refractivity contribution in [2.24, 2.45) is 0 Å². The zero-order valence-corrected chi connectivity index (χ0v) is 8.72. The molecule has 1 rings (SSSR count). The zero-order valence-electron chi connectivity index (χ0n) is 5.55. The summed E-state index contributed by atoms with van der Waals surface area (Å²) in [5.41, 5.74) is 0.630. The first-order valence-electron chi connectivity index (χ1n) is 2.95. The second-order valence-corrected chi connectivity index (χ2v) is 3.30. The van der Waals surface area contributed by atoms with Crippen LogP contribution in [0.3, 0.4) is 0 Å². The largest absolute Gasteiger partial charge is 0.293 e. The Morgan fingerprint density at radius 1 is 1.55 bits per heavy atom. The van der Waals surface area contributed by atoms with Crippen LogP contribution in [-0.2, 0) is 0 Å². The van der Waals surface area contributed by atoms with Crippen molar-refractivity contribution in [1.29, 1.82) is 0 Å². The number of pyridine rings is 1. The number of nitrogens with zero attached hydrogens (tertiary/aromatic N) is 1. The molecule has 0 saturated heterocycles. The summed E-state index contributed by atoms with van der Waals surface area (Å²) in [5.74, 6) is 0.0463. The minimum atomic E-state index is 0.0463. The number of hydrogen-bond acceptors (Lipinski definition) is 2. The van der Waals surface area contributed by atoms with Gasteiger partial charge in [-0.05, 0) is 28.1 Å². The molecule has 2 nitrogen and oxygen atoms in total. The first-order chi connectivity index (χ1) is 5.24. The predicted octanol–water partition coefficient (Wildman–Crippen LogP) is 2.42. The number of Topliss-reactive ketones (excluding diaryl/α,β-unsaturated/α-hetero) is 1. The van der Waals surface area contributed by atoms with Crippen molar-refractivity contribution >= 4 is 37.6 Å². The smallest absolute Gasteiger partial charge is 0.174 e. The number of carbonyl (C=O) groups excluding carboxylic acids is 1. The summed E-state index contributed by atoms with van der Waals surface area (Å²) in [5, 5.41) is 0.344. The Bertz CT molecular complexity index is 258. The zero-order chi connectivity index (χ0) is 8.27. The van der Waals surface area contributed by atoms with Crippen molar-refractivity contribution in [3.8, 4) is 0 Å². The standard InChI is InChI=1S/C7H5Br2NO/c8-3-6(11)5-1-2-7(9)10-4-5/h1-2,4H,3H2. The van der Waals surface area contributed by atoms with Gasteiger partial charge in [0.1, 0.15) is 4.60 Å². The molecule has 1 aromatic heterocycles. The summed E-state index contributed by atoms with van der Waals surface area (Å²) in [6.07, 6.45) is 1.55. The highest BCUT2D eigenvalue weighted by Gasteiger charge is 2.02. The fourth-order valence-electron chi connectivity index (χ4n) is 0.618. The van der Waals surface area contributed by atoms with Crippen LogP contribution in [0.5, 0.6) is 0 Å². The van der Waals surface area contributed by atoms with Crippen LogP contribution in [0.1, 0.15) is 10.4 Å². The highest BCUT2D eigenvalue weighted by atomic mass is 79.9. The molecule has 0 radical (unpaired) electrons. The molecule has 0 N–H and O–H groups in total. The maximum atomic E-state index is 11.0. The molecule has 0 saturated carbocycles. The molecule has 0 unspecified atom stereocenters. The molecule has 0 spiro atoms.